The fraction of sp³-hybridized carbons (Fsp3) is 0.500. The van der Waals surface area contributed by atoms with Crippen molar-refractivity contribution >= 4 is 34.3 Å². The van der Waals surface area contributed by atoms with Gasteiger partial charge in [-0.25, -0.2) is 4.98 Å². The van der Waals surface area contributed by atoms with Crippen molar-refractivity contribution in [1.29, 1.82) is 0 Å². The number of alkyl halides is 1. The average molecular weight is 313 g/mol. The normalized spacial score (nSPS) is 17.0. The minimum Gasteiger partial charge on any atom is -0.286 e. The van der Waals surface area contributed by atoms with Crippen LogP contribution in [0, 0.1) is 0 Å². The van der Waals surface area contributed by atoms with E-state index in [0.29, 0.717) is 11.9 Å². The number of thiophene rings is 1. The molecule has 3 rings (SSSR count). The molecule has 0 saturated heterocycles. The SMILES string of the molecule is CC(c1nc(CCl)cs1)N(Cc1cccs1)C1CC1. The summed E-state index contributed by atoms with van der Waals surface area (Å²) in [5.41, 5.74) is 1.00. The van der Waals surface area contributed by atoms with Crippen LogP contribution in [-0.2, 0) is 12.4 Å². The molecule has 19 heavy (non-hydrogen) atoms. The predicted octanol–water partition coefficient (Wildman–Crippen LogP) is 4.67. The van der Waals surface area contributed by atoms with E-state index in [1.54, 1.807) is 11.3 Å². The first kappa shape index (κ1) is 13.6. The van der Waals surface area contributed by atoms with Gasteiger partial charge in [0.1, 0.15) is 5.01 Å². The summed E-state index contributed by atoms with van der Waals surface area (Å²) in [4.78, 5) is 8.66. The van der Waals surface area contributed by atoms with Gasteiger partial charge in [0.15, 0.2) is 0 Å². The highest BCUT2D eigenvalue weighted by Crippen LogP contribution is 2.37. The molecule has 1 saturated carbocycles. The first-order chi connectivity index (χ1) is 9.28. The van der Waals surface area contributed by atoms with Gasteiger partial charge < -0.3 is 0 Å². The second-order valence-electron chi connectivity index (χ2n) is 4.97. The predicted molar refractivity (Wildman–Crippen MR) is 83.0 cm³/mol. The molecule has 1 aliphatic rings. The van der Waals surface area contributed by atoms with Crippen LogP contribution in [0.25, 0.3) is 0 Å². The molecule has 0 aliphatic heterocycles. The molecule has 1 aliphatic carbocycles. The Bertz CT molecular complexity index is 519. The van der Waals surface area contributed by atoms with Crippen molar-refractivity contribution in [2.45, 2.75) is 44.3 Å². The van der Waals surface area contributed by atoms with Crippen molar-refractivity contribution in [3.63, 3.8) is 0 Å². The van der Waals surface area contributed by atoms with Crippen LogP contribution in [0.4, 0.5) is 0 Å². The molecule has 1 unspecified atom stereocenters. The molecule has 1 atom stereocenters. The van der Waals surface area contributed by atoms with Gasteiger partial charge in [-0.1, -0.05) is 6.07 Å². The van der Waals surface area contributed by atoms with Crippen LogP contribution < -0.4 is 0 Å². The number of halogens is 1. The molecule has 0 aromatic carbocycles. The highest BCUT2D eigenvalue weighted by molar-refractivity contribution is 7.10. The minimum absolute atomic E-state index is 0.386. The summed E-state index contributed by atoms with van der Waals surface area (Å²) in [6.07, 6.45) is 2.65. The van der Waals surface area contributed by atoms with Crippen molar-refractivity contribution in [2.24, 2.45) is 0 Å². The van der Waals surface area contributed by atoms with Gasteiger partial charge in [-0.05, 0) is 31.2 Å². The molecular weight excluding hydrogens is 296 g/mol. The zero-order valence-electron chi connectivity index (χ0n) is 10.9. The van der Waals surface area contributed by atoms with Gasteiger partial charge in [0.25, 0.3) is 0 Å². The maximum Gasteiger partial charge on any atom is 0.110 e. The lowest BCUT2D eigenvalue weighted by atomic mass is 10.2. The molecule has 0 amide bonds. The maximum atomic E-state index is 5.85. The van der Waals surface area contributed by atoms with Crippen LogP contribution in [-0.4, -0.2) is 15.9 Å². The number of rotatable bonds is 6. The summed E-state index contributed by atoms with van der Waals surface area (Å²) in [7, 11) is 0. The topological polar surface area (TPSA) is 16.1 Å². The fourth-order valence-electron chi connectivity index (χ4n) is 2.29. The Labute approximate surface area is 127 Å². The van der Waals surface area contributed by atoms with Crippen LogP contribution in [0.15, 0.2) is 22.9 Å². The lowest BCUT2D eigenvalue weighted by Gasteiger charge is -2.27. The zero-order chi connectivity index (χ0) is 13.2. The van der Waals surface area contributed by atoms with Gasteiger partial charge in [0.05, 0.1) is 17.6 Å². The third kappa shape index (κ3) is 3.19. The Morgan fingerprint density at radius 3 is 2.89 bits per heavy atom. The van der Waals surface area contributed by atoms with Crippen LogP contribution >= 0.6 is 34.3 Å². The van der Waals surface area contributed by atoms with Crippen molar-refractivity contribution < 1.29 is 0 Å². The molecule has 1 fully saturated rings. The van der Waals surface area contributed by atoms with Gasteiger partial charge >= 0.3 is 0 Å². The van der Waals surface area contributed by atoms with E-state index in [2.05, 4.69) is 39.7 Å². The Morgan fingerprint density at radius 2 is 2.32 bits per heavy atom. The highest BCUT2D eigenvalue weighted by Gasteiger charge is 2.33. The molecule has 0 bridgehead atoms. The standard InChI is InChI=1S/C14H17ClN2S2/c1-10(14-16-11(7-15)9-19-14)17(12-4-5-12)8-13-3-2-6-18-13/h2-3,6,9-10,12H,4-5,7-8H2,1H3. The molecule has 0 spiro atoms. The minimum atomic E-state index is 0.386. The van der Waals surface area contributed by atoms with Crippen LogP contribution in [0.3, 0.4) is 0 Å². The third-order valence-corrected chi connectivity index (χ3v) is 5.69. The Balaban J connectivity index is 1.75. The lowest BCUT2D eigenvalue weighted by molar-refractivity contribution is 0.192. The summed E-state index contributed by atoms with van der Waals surface area (Å²) in [5, 5.41) is 5.42. The first-order valence-corrected chi connectivity index (χ1v) is 8.85. The number of aromatic nitrogens is 1. The van der Waals surface area contributed by atoms with Gasteiger partial charge in [-0.2, -0.15) is 0 Å². The molecule has 2 nitrogen and oxygen atoms in total. The number of thiazole rings is 1. The van der Waals surface area contributed by atoms with E-state index < -0.39 is 0 Å². The maximum absolute atomic E-state index is 5.85. The summed E-state index contributed by atoms with van der Waals surface area (Å²) in [5.74, 6) is 0.511. The second kappa shape index (κ2) is 5.92. The van der Waals surface area contributed by atoms with Crippen molar-refractivity contribution in [3.8, 4) is 0 Å². The van der Waals surface area contributed by atoms with Gasteiger partial charge in [-0.15, -0.1) is 34.3 Å². The number of hydrogen-bond donors (Lipinski definition) is 0. The fourth-order valence-corrected chi connectivity index (χ4v) is 4.12. The van der Waals surface area contributed by atoms with E-state index in [0.717, 1.165) is 18.3 Å². The van der Waals surface area contributed by atoms with Gasteiger partial charge in [-0.3, -0.25) is 4.90 Å². The second-order valence-corrected chi connectivity index (χ2v) is 7.16. The molecule has 2 aromatic heterocycles. The average Bonchev–Trinajstić information content (AvgIpc) is 2.95. The van der Waals surface area contributed by atoms with Crippen LogP contribution in [0.5, 0.6) is 0 Å². The van der Waals surface area contributed by atoms with Crippen LogP contribution in [0.1, 0.15) is 41.4 Å². The highest BCUT2D eigenvalue weighted by atomic mass is 35.5. The molecule has 5 heteroatoms. The van der Waals surface area contributed by atoms with Crippen LogP contribution in [0.2, 0.25) is 0 Å². The first-order valence-electron chi connectivity index (χ1n) is 6.56. The smallest absolute Gasteiger partial charge is 0.110 e. The van der Waals surface area contributed by atoms with E-state index in [1.807, 2.05) is 11.3 Å². The molecule has 2 aromatic rings. The summed E-state index contributed by atoms with van der Waals surface area (Å²) in [6, 6.07) is 5.47. The van der Waals surface area contributed by atoms with Crippen molar-refractivity contribution in [1.82, 2.24) is 9.88 Å². The van der Waals surface area contributed by atoms with Gasteiger partial charge in [0, 0.05) is 22.8 Å². The summed E-state index contributed by atoms with van der Waals surface area (Å²) >= 11 is 9.42. The third-order valence-electron chi connectivity index (χ3n) is 3.50. The van der Waals surface area contributed by atoms with Gasteiger partial charge in [0.2, 0.25) is 0 Å². The Morgan fingerprint density at radius 1 is 1.47 bits per heavy atom. The summed E-state index contributed by atoms with van der Waals surface area (Å²) in [6.45, 7) is 3.31. The molecular formula is C14H17ClN2S2. The largest absolute Gasteiger partial charge is 0.286 e. The monoisotopic (exact) mass is 312 g/mol. The van der Waals surface area contributed by atoms with E-state index >= 15 is 0 Å². The zero-order valence-corrected chi connectivity index (χ0v) is 13.3. The number of hydrogen-bond acceptors (Lipinski definition) is 4. The van der Waals surface area contributed by atoms with E-state index in [4.69, 9.17) is 11.6 Å². The quantitative estimate of drug-likeness (QED) is 0.721. The molecule has 2 heterocycles. The van der Waals surface area contributed by atoms with Crippen molar-refractivity contribution in [3.05, 3.63) is 38.5 Å². The number of nitrogens with zero attached hydrogens (tertiary/aromatic N) is 2. The van der Waals surface area contributed by atoms with Crippen molar-refractivity contribution in [2.75, 3.05) is 0 Å². The Hall–Kier alpha value is -0.420. The molecule has 102 valence electrons. The van der Waals surface area contributed by atoms with E-state index in [9.17, 15) is 0 Å². The Kier molecular flexibility index (Phi) is 4.22. The summed E-state index contributed by atoms with van der Waals surface area (Å²) < 4.78 is 0. The lowest BCUT2D eigenvalue weighted by Crippen LogP contribution is -2.28. The van der Waals surface area contributed by atoms with E-state index in [1.165, 1.54) is 22.7 Å². The molecule has 0 radical (unpaired) electrons. The van der Waals surface area contributed by atoms with E-state index in [-0.39, 0.29) is 0 Å². The molecule has 0 N–H and O–H groups in total.